The minimum absolute atomic E-state index is 0.0190. The summed E-state index contributed by atoms with van der Waals surface area (Å²) in [6, 6.07) is 16.1. The largest absolute Gasteiger partial charge is 0.497 e. The first-order valence-electron chi connectivity index (χ1n) is 7.67. The third-order valence-corrected chi connectivity index (χ3v) is 4.07. The molecule has 5 heteroatoms. The van der Waals surface area contributed by atoms with Gasteiger partial charge in [0.2, 0.25) is 0 Å². The van der Waals surface area contributed by atoms with Gasteiger partial charge in [-0.25, -0.2) is 0 Å². The van der Waals surface area contributed by atoms with Crippen LogP contribution in [0, 0.1) is 0 Å². The lowest BCUT2D eigenvalue weighted by atomic mass is 9.98. The van der Waals surface area contributed by atoms with Gasteiger partial charge in [0, 0.05) is 0 Å². The Morgan fingerprint density at radius 3 is 1.48 bits per heavy atom. The summed E-state index contributed by atoms with van der Waals surface area (Å²) in [7, 11) is 4.80. The van der Waals surface area contributed by atoms with Crippen LogP contribution in [0.1, 0.15) is 11.1 Å². The van der Waals surface area contributed by atoms with Crippen molar-refractivity contribution in [3.8, 4) is 11.5 Å². The highest BCUT2D eigenvalue weighted by Crippen LogP contribution is 2.22. The number of benzene rings is 2. The Morgan fingerprint density at radius 1 is 0.739 bits per heavy atom. The fourth-order valence-corrected chi connectivity index (χ4v) is 2.70. The van der Waals surface area contributed by atoms with E-state index < -0.39 is 0 Å². The monoisotopic (exact) mass is 311 g/mol. The van der Waals surface area contributed by atoms with Crippen molar-refractivity contribution in [2.75, 3.05) is 14.2 Å². The zero-order chi connectivity index (χ0) is 16.1. The SMILES string of the molecule is COc1ccc(C[C@@H]2O[B]O[C@H]2Cc2ccc(OC)cc2)cc1. The Hall–Kier alpha value is -1.98. The molecule has 1 aliphatic heterocycles. The quantitative estimate of drug-likeness (QED) is 0.769. The molecule has 2 aromatic rings. The van der Waals surface area contributed by atoms with Gasteiger partial charge in [-0.1, -0.05) is 24.3 Å². The molecule has 1 fully saturated rings. The second-order valence-corrected chi connectivity index (χ2v) is 5.55. The Labute approximate surface area is 137 Å². The number of ether oxygens (including phenoxy) is 2. The molecular weight excluding hydrogens is 291 g/mol. The van der Waals surface area contributed by atoms with Crippen molar-refractivity contribution in [1.82, 2.24) is 0 Å². The van der Waals surface area contributed by atoms with Crippen LogP contribution in [0.25, 0.3) is 0 Å². The maximum absolute atomic E-state index is 5.64. The summed E-state index contributed by atoms with van der Waals surface area (Å²) in [5.74, 6) is 1.72. The minimum Gasteiger partial charge on any atom is -0.497 e. The van der Waals surface area contributed by atoms with Crippen molar-refractivity contribution in [3.05, 3.63) is 59.7 Å². The third-order valence-electron chi connectivity index (χ3n) is 4.07. The first-order chi connectivity index (χ1) is 11.3. The van der Waals surface area contributed by atoms with Crippen molar-refractivity contribution in [1.29, 1.82) is 0 Å². The predicted octanol–water partition coefficient (Wildman–Crippen LogP) is 2.81. The van der Waals surface area contributed by atoms with Gasteiger partial charge in [-0.15, -0.1) is 0 Å². The van der Waals surface area contributed by atoms with E-state index in [2.05, 4.69) is 24.3 Å². The lowest BCUT2D eigenvalue weighted by molar-refractivity contribution is 0.155. The molecule has 0 aliphatic carbocycles. The van der Waals surface area contributed by atoms with E-state index in [1.54, 1.807) is 14.2 Å². The first-order valence-corrected chi connectivity index (χ1v) is 7.67. The number of hydrogen-bond acceptors (Lipinski definition) is 4. The van der Waals surface area contributed by atoms with E-state index in [9.17, 15) is 0 Å². The van der Waals surface area contributed by atoms with Crippen molar-refractivity contribution in [3.63, 3.8) is 0 Å². The van der Waals surface area contributed by atoms with E-state index in [0.717, 1.165) is 24.3 Å². The predicted molar refractivity (Wildman–Crippen MR) is 88.9 cm³/mol. The maximum atomic E-state index is 5.64. The topological polar surface area (TPSA) is 36.9 Å². The van der Waals surface area contributed by atoms with Crippen LogP contribution in [0.2, 0.25) is 0 Å². The van der Waals surface area contributed by atoms with Crippen molar-refractivity contribution < 1.29 is 18.8 Å². The second-order valence-electron chi connectivity index (χ2n) is 5.55. The van der Waals surface area contributed by atoms with Crippen LogP contribution in [0.15, 0.2) is 48.5 Å². The highest BCUT2D eigenvalue weighted by atomic mass is 16.6. The van der Waals surface area contributed by atoms with E-state index in [1.165, 1.54) is 18.8 Å². The van der Waals surface area contributed by atoms with Crippen LogP contribution >= 0.6 is 0 Å². The van der Waals surface area contributed by atoms with Gasteiger partial charge in [-0.05, 0) is 48.2 Å². The van der Waals surface area contributed by atoms with Crippen LogP contribution in [0.3, 0.4) is 0 Å². The van der Waals surface area contributed by atoms with Gasteiger partial charge >= 0.3 is 7.69 Å². The number of methoxy groups -OCH3 is 2. The average molecular weight is 311 g/mol. The molecule has 2 atom stereocenters. The molecule has 3 rings (SSSR count). The lowest BCUT2D eigenvalue weighted by Crippen LogP contribution is -2.27. The van der Waals surface area contributed by atoms with Gasteiger partial charge in [-0.3, -0.25) is 0 Å². The molecule has 0 bridgehead atoms. The molecule has 0 amide bonds. The van der Waals surface area contributed by atoms with Crippen LogP contribution in [-0.4, -0.2) is 34.1 Å². The lowest BCUT2D eigenvalue weighted by Gasteiger charge is -2.19. The summed E-state index contributed by atoms with van der Waals surface area (Å²) < 4.78 is 21.7. The molecule has 0 unspecified atom stereocenters. The zero-order valence-corrected chi connectivity index (χ0v) is 13.4. The van der Waals surface area contributed by atoms with Gasteiger partial charge in [0.1, 0.15) is 11.5 Å². The van der Waals surface area contributed by atoms with Gasteiger partial charge in [0.05, 0.1) is 26.4 Å². The van der Waals surface area contributed by atoms with Crippen LogP contribution in [-0.2, 0) is 22.2 Å². The third kappa shape index (κ3) is 4.06. The number of rotatable bonds is 6. The molecule has 23 heavy (non-hydrogen) atoms. The van der Waals surface area contributed by atoms with E-state index >= 15 is 0 Å². The molecule has 1 heterocycles. The zero-order valence-electron chi connectivity index (χ0n) is 13.4. The second kappa shape index (κ2) is 7.53. The molecule has 1 saturated heterocycles. The summed E-state index contributed by atoms with van der Waals surface area (Å²) in [5.41, 5.74) is 2.41. The molecular formula is C18H20BO4. The average Bonchev–Trinajstić information content (AvgIpc) is 3.03. The van der Waals surface area contributed by atoms with Crippen LogP contribution in [0.5, 0.6) is 11.5 Å². The van der Waals surface area contributed by atoms with Crippen molar-refractivity contribution in [2.45, 2.75) is 25.0 Å². The standard InChI is InChI=1S/C18H20BO4/c1-20-15-7-3-13(4-8-15)11-17-18(23-19-22-17)12-14-5-9-16(21-2)10-6-14/h3-10,17-18H,11-12H2,1-2H3/t17-,18-/m0/s1. The fourth-order valence-electron chi connectivity index (χ4n) is 2.70. The van der Waals surface area contributed by atoms with Crippen LogP contribution in [0.4, 0.5) is 0 Å². The van der Waals surface area contributed by atoms with Gasteiger partial charge in [-0.2, -0.15) is 0 Å². The molecule has 2 aromatic carbocycles. The smallest absolute Gasteiger partial charge is 0.488 e. The molecule has 4 nitrogen and oxygen atoms in total. The van der Waals surface area contributed by atoms with E-state index in [1.807, 2.05) is 24.3 Å². The van der Waals surface area contributed by atoms with Gasteiger partial charge in [0.25, 0.3) is 0 Å². The molecule has 119 valence electrons. The molecule has 1 aliphatic rings. The minimum atomic E-state index is 0.0190. The summed E-state index contributed by atoms with van der Waals surface area (Å²) >= 11 is 0. The normalized spacial score (nSPS) is 20.1. The van der Waals surface area contributed by atoms with E-state index in [4.69, 9.17) is 18.8 Å². The summed E-state index contributed by atoms with van der Waals surface area (Å²) in [6.45, 7) is 0. The maximum Gasteiger partial charge on any atom is 0.488 e. The first kappa shape index (κ1) is 15.9. The number of hydrogen-bond donors (Lipinski definition) is 0. The summed E-state index contributed by atoms with van der Waals surface area (Å²) in [4.78, 5) is 0. The Morgan fingerprint density at radius 2 is 1.13 bits per heavy atom. The van der Waals surface area contributed by atoms with E-state index in [-0.39, 0.29) is 12.2 Å². The molecule has 1 radical (unpaired) electrons. The fraction of sp³-hybridized carbons (Fsp3) is 0.333. The molecule has 0 aromatic heterocycles. The molecule has 0 N–H and O–H groups in total. The highest BCUT2D eigenvalue weighted by molar-refractivity contribution is 6.19. The summed E-state index contributed by atoms with van der Waals surface area (Å²) in [5, 5.41) is 0. The van der Waals surface area contributed by atoms with Crippen molar-refractivity contribution in [2.24, 2.45) is 0 Å². The van der Waals surface area contributed by atoms with Gasteiger partial charge in [0.15, 0.2) is 0 Å². The molecule has 0 saturated carbocycles. The molecule has 0 spiro atoms. The Balaban J connectivity index is 1.62. The Bertz CT molecular complexity index is 556. The van der Waals surface area contributed by atoms with Crippen molar-refractivity contribution >= 4 is 7.69 Å². The Kier molecular flexibility index (Phi) is 5.21. The van der Waals surface area contributed by atoms with Gasteiger partial charge < -0.3 is 18.8 Å². The summed E-state index contributed by atoms with van der Waals surface area (Å²) in [6.07, 6.45) is 1.65. The van der Waals surface area contributed by atoms with E-state index in [0.29, 0.717) is 0 Å². The highest BCUT2D eigenvalue weighted by Gasteiger charge is 2.30. The van der Waals surface area contributed by atoms with Crippen LogP contribution < -0.4 is 9.47 Å².